The fourth-order valence-corrected chi connectivity index (χ4v) is 2.01. The highest BCUT2D eigenvalue weighted by molar-refractivity contribution is 6.50. The number of halogens is 7. The normalized spacial score (nSPS) is 12.0. The molecule has 0 amide bonds. The van der Waals surface area contributed by atoms with Crippen LogP contribution < -0.4 is 4.57 Å². The summed E-state index contributed by atoms with van der Waals surface area (Å²) in [6.07, 6.45) is -4.52. The molecule has 1 aromatic heterocycles. The number of rotatable bonds is 1. The molecular weight excluding hydrogens is 338 g/mol. The molecule has 2 aromatic rings. The summed E-state index contributed by atoms with van der Waals surface area (Å²) < 4.78 is 79.4. The number of fused-ring (bicyclic) bond motifs is 1. The van der Waals surface area contributed by atoms with Gasteiger partial charge in [0, 0.05) is 6.07 Å². The first-order valence-corrected chi connectivity index (χ1v) is 5.81. The van der Waals surface area contributed by atoms with E-state index in [-0.39, 0.29) is 16.7 Å². The maximum atomic E-state index is 12.8. The van der Waals surface area contributed by atoms with Crippen LogP contribution in [0.2, 0.25) is 0 Å². The Kier molecular flexibility index (Phi) is 4.92. The number of imidazole rings is 1. The van der Waals surface area contributed by atoms with E-state index in [9.17, 15) is 40.5 Å². The zero-order valence-corrected chi connectivity index (χ0v) is 11.6. The molecule has 0 bridgehead atoms. The first kappa shape index (κ1) is 18.7. The summed E-state index contributed by atoms with van der Waals surface area (Å²) >= 11 is 0. The first-order chi connectivity index (χ1) is 10.2. The van der Waals surface area contributed by atoms with Crippen LogP contribution in [0.15, 0.2) is 18.2 Å². The third kappa shape index (κ3) is 4.56. The Labute approximate surface area is 124 Å². The molecule has 13 heteroatoms. The lowest BCUT2D eigenvalue weighted by atomic mass is 10.3. The Hall–Kier alpha value is -2.34. The summed E-state index contributed by atoms with van der Waals surface area (Å²) in [4.78, 5) is 9.97. The minimum Gasteiger partial charge on any atom is -0.418 e. The number of alkyl halides is 3. The fraction of sp³-hybridized carbons (Fsp3) is 0.300. The summed E-state index contributed by atoms with van der Waals surface area (Å²) in [5, 5.41) is 10.6. The number of non-ortho nitro benzene ring substituents is 1. The fourth-order valence-electron chi connectivity index (χ4n) is 2.01. The Balaban J connectivity index is 0.000000463. The van der Waals surface area contributed by atoms with E-state index in [4.69, 9.17) is 0 Å². The summed E-state index contributed by atoms with van der Waals surface area (Å²) in [5.74, 6) is -0.863. The van der Waals surface area contributed by atoms with Gasteiger partial charge in [0.25, 0.3) is 5.69 Å². The minimum atomic E-state index is -6.00. The zero-order valence-electron chi connectivity index (χ0n) is 11.6. The van der Waals surface area contributed by atoms with E-state index in [1.165, 1.54) is 26.2 Å². The molecule has 0 saturated carbocycles. The zero-order chi connectivity index (χ0) is 18.2. The summed E-state index contributed by atoms with van der Waals surface area (Å²) in [7, 11) is -3.49. The van der Waals surface area contributed by atoms with Gasteiger partial charge in [0.1, 0.15) is 0 Å². The largest absolute Gasteiger partial charge is 0.673 e. The van der Waals surface area contributed by atoms with Crippen LogP contribution >= 0.6 is 0 Å². The van der Waals surface area contributed by atoms with Crippen LogP contribution in [0.3, 0.4) is 0 Å². The van der Waals surface area contributed by atoms with E-state index >= 15 is 0 Å². The van der Waals surface area contributed by atoms with E-state index in [1.807, 2.05) is 0 Å². The summed E-state index contributed by atoms with van der Waals surface area (Å²) in [5.41, 5.74) is 0.215. The molecule has 1 aromatic carbocycles. The number of hydrogen-bond donors (Lipinski definition) is 0. The van der Waals surface area contributed by atoms with Gasteiger partial charge in [0.2, 0.25) is 0 Å². The lowest BCUT2D eigenvalue weighted by Gasteiger charge is -2.01. The van der Waals surface area contributed by atoms with Crippen molar-refractivity contribution >= 4 is 24.0 Å². The van der Waals surface area contributed by atoms with Crippen molar-refractivity contribution in [2.45, 2.75) is 6.18 Å². The summed E-state index contributed by atoms with van der Waals surface area (Å²) in [6, 6.07) is 3.62. The van der Waals surface area contributed by atoms with Crippen LogP contribution in [0.25, 0.3) is 11.0 Å². The maximum Gasteiger partial charge on any atom is 0.673 e. The molecule has 0 aliphatic rings. The number of nitro benzene ring substituents is 1. The van der Waals surface area contributed by atoms with Crippen LogP contribution in [0.1, 0.15) is 5.82 Å². The molecule has 0 aliphatic heterocycles. The number of aromatic nitrogens is 2. The Morgan fingerprint density at radius 1 is 1.22 bits per heavy atom. The number of nitrogens with zero attached hydrogens (tertiary/aromatic N) is 3. The first-order valence-electron chi connectivity index (χ1n) is 5.81. The van der Waals surface area contributed by atoms with Crippen LogP contribution in [-0.2, 0) is 20.3 Å². The molecule has 0 saturated heterocycles. The highest BCUT2D eigenvalue weighted by Crippen LogP contribution is 2.30. The van der Waals surface area contributed by atoms with Gasteiger partial charge in [-0.15, -0.1) is 0 Å². The second kappa shape index (κ2) is 6.04. The van der Waals surface area contributed by atoms with Gasteiger partial charge in [-0.05, 0) is 6.07 Å². The predicted octanol–water partition coefficient (Wildman–Crippen LogP) is 3.23. The van der Waals surface area contributed by atoms with Crippen molar-refractivity contribution in [2.75, 3.05) is 0 Å². The molecular formula is C10H9BF7N3O2. The van der Waals surface area contributed by atoms with Gasteiger partial charge in [-0.3, -0.25) is 10.1 Å². The average molecular weight is 347 g/mol. The molecule has 0 aliphatic carbocycles. The maximum absolute atomic E-state index is 12.8. The Morgan fingerprint density at radius 3 is 2.09 bits per heavy atom. The lowest BCUT2D eigenvalue weighted by molar-refractivity contribution is -0.667. The van der Waals surface area contributed by atoms with Gasteiger partial charge in [-0.2, -0.15) is 13.2 Å². The highest BCUT2D eigenvalue weighted by Gasteiger charge is 2.45. The van der Waals surface area contributed by atoms with Crippen molar-refractivity contribution in [3.63, 3.8) is 0 Å². The molecule has 5 nitrogen and oxygen atoms in total. The van der Waals surface area contributed by atoms with E-state index in [1.54, 1.807) is 0 Å². The van der Waals surface area contributed by atoms with Crippen LogP contribution in [0, 0.1) is 10.1 Å². The SMILES string of the molecule is Cn1c(C(F)(F)F)[n+](C)c2ccc([N+](=O)[O-])cc21.F[B-](F)(F)F. The van der Waals surface area contributed by atoms with Crippen molar-refractivity contribution in [1.29, 1.82) is 0 Å². The van der Waals surface area contributed by atoms with E-state index in [0.29, 0.717) is 0 Å². The van der Waals surface area contributed by atoms with E-state index in [2.05, 4.69) is 0 Å². The molecule has 128 valence electrons. The van der Waals surface area contributed by atoms with Crippen molar-refractivity contribution in [3.8, 4) is 0 Å². The van der Waals surface area contributed by atoms with Gasteiger partial charge < -0.3 is 17.3 Å². The van der Waals surface area contributed by atoms with Crippen LogP contribution in [0.4, 0.5) is 36.1 Å². The van der Waals surface area contributed by atoms with Gasteiger partial charge in [0.05, 0.1) is 25.1 Å². The second-order valence-electron chi connectivity index (χ2n) is 4.36. The number of aryl methyl sites for hydroxylation is 2. The molecule has 2 rings (SSSR count). The average Bonchev–Trinajstić information content (AvgIpc) is 2.58. The molecule has 0 N–H and O–H groups in total. The summed E-state index contributed by atoms with van der Waals surface area (Å²) in [6.45, 7) is 0. The van der Waals surface area contributed by atoms with Crippen molar-refractivity contribution in [3.05, 3.63) is 34.1 Å². The highest BCUT2D eigenvalue weighted by atomic mass is 19.5. The minimum absolute atomic E-state index is 0.166. The van der Waals surface area contributed by atoms with E-state index < -0.39 is 24.2 Å². The predicted molar refractivity (Wildman–Crippen MR) is 65.9 cm³/mol. The van der Waals surface area contributed by atoms with Crippen LogP contribution in [-0.4, -0.2) is 16.7 Å². The molecule has 0 atom stereocenters. The molecule has 0 spiro atoms. The molecule has 1 heterocycles. The molecule has 23 heavy (non-hydrogen) atoms. The topological polar surface area (TPSA) is 52.0 Å². The van der Waals surface area contributed by atoms with Gasteiger partial charge >= 0.3 is 19.3 Å². The van der Waals surface area contributed by atoms with Gasteiger partial charge in [-0.1, -0.05) is 0 Å². The smallest absolute Gasteiger partial charge is 0.418 e. The quantitative estimate of drug-likeness (QED) is 0.262. The Bertz CT molecular complexity index is 733. The van der Waals surface area contributed by atoms with E-state index in [0.717, 1.165) is 15.2 Å². The third-order valence-corrected chi connectivity index (χ3v) is 2.78. The molecule has 0 fully saturated rings. The number of hydrogen-bond acceptors (Lipinski definition) is 2. The van der Waals surface area contributed by atoms with Gasteiger partial charge in [-0.25, -0.2) is 9.13 Å². The van der Waals surface area contributed by atoms with Crippen molar-refractivity contribution in [1.82, 2.24) is 4.57 Å². The Morgan fingerprint density at radius 2 is 1.70 bits per heavy atom. The molecule has 0 unspecified atom stereocenters. The van der Waals surface area contributed by atoms with Crippen molar-refractivity contribution < 1.29 is 39.9 Å². The van der Waals surface area contributed by atoms with Crippen LogP contribution in [0.5, 0.6) is 0 Å². The van der Waals surface area contributed by atoms with Crippen molar-refractivity contribution in [2.24, 2.45) is 14.1 Å². The number of benzene rings is 1. The lowest BCUT2D eigenvalue weighted by Crippen LogP contribution is -2.37. The standard InChI is InChI=1S/C10H9F3N3O2.BF4/c1-14-7-4-3-6(16(17)18)5-8(7)15(2)9(14)10(11,12)13;2-1(3,4)5/h3-5H,1-2H3;/q+1;-1. The molecule has 0 radical (unpaired) electrons. The number of nitro groups is 1. The third-order valence-electron chi connectivity index (χ3n) is 2.78. The van der Waals surface area contributed by atoms with Gasteiger partial charge in [0.15, 0.2) is 11.0 Å². The second-order valence-corrected chi connectivity index (χ2v) is 4.36. The monoisotopic (exact) mass is 347 g/mol.